The van der Waals surface area contributed by atoms with Gasteiger partial charge in [-0.1, -0.05) is 18.2 Å². The van der Waals surface area contributed by atoms with E-state index in [2.05, 4.69) is 5.32 Å². The number of nitrogens with zero attached hydrogens (tertiary/aromatic N) is 1. The molecule has 1 amide bonds. The van der Waals surface area contributed by atoms with Gasteiger partial charge in [-0.3, -0.25) is 19.2 Å². The predicted molar refractivity (Wildman–Crippen MR) is 125 cm³/mol. The minimum absolute atomic E-state index is 0.0683. The number of carboxylic acids is 1. The lowest BCUT2D eigenvalue weighted by atomic mass is 9.92. The van der Waals surface area contributed by atoms with E-state index in [1.54, 1.807) is 30.9 Å². The molecule has 8 heteroatoms. The van der Waals surface area contributed by atoms with Crippen LogP contribution in [0.4, 0.5) is 5.69 Å². The number of Topliss-reactive ketones (excluding diaryl/α,β-unsaturated/α-hetero) is 2. The van der Waals surface area contributed by atoms with E-state index in [0.29, 0.717) is 37.3 Å². The Labute approximate surface area is 197 Å². The molecule has 1 unspecified atom stereocenters. The van der Waals surface area contributed by atoms with Crippen molar-refractivity contribution in [2.24, 2.45) is 5.41 Å². The molecule has 8 nitrogen and oxygen atoms in total. The number of carbonyl (C=O) groups is 4. The highest BCUT2D eigenvalue weighted by Crippen LogP contribution is 2.34. The summed E-state index contributed by atoms with van der Waals surface area (Å²) in [5.74, 6) is -0.730. The number of fused-ring (bicyclic) bond motifs is 1. The second-order valence-electron chi connectivity index (χ2n) is 9.48. The van der Waals surface area contributed by atoms with Crippen molar-refractivity contribution in [3.8, 4) is 5.75 Å². The van der Waals surface area contributed by atoms with E-state index in [1.807, 2.05) is 30.3 Å². The Balaban J connectivity index is 1.40. The summed E-state index contributed by atoms with van der Waals surface area (Å²) in [6.07, 6.45) is 0.586. The van der Waals surface area contributed by atoms with Crippen LogP contribution in [0.1, 0.15) is 54.6 Å². The average Bonchev–Trinajstić information content (AvgIpc) is 3.14. The number of anilines is 1. The standard InChI is InChI=1S/C26H28N2O6/c1-26(2,25(32)33)15-27-17-8-6-16(7-9-17)14-34-23-5-3-4-19-20(23)13-28(24(19)31)21-11-10-18(29)12-22(21)30/h3-9,21,27H,10-15H2,1-2H3,(H,32,33). The van der Waals surface area contributed by atoms with Crippen molar-refractivity contribution >= 4 is 29.1 Å². The molecule has 0 aromatic heterocycles. The van der Waals surface area contributed by atoms with Crippen LogP contribution < -0.4 is 10.1 Å². The van der Waals surface area contributed by atoms with Gasteiger partial charge in [-0.15, -0.1) is 0 Å². The third kappa shape index (κ3) is 4.81. The highest BCUT2D eigenvalue weighted by Gasteiger charge is 2.40. The molecule has 1 heterocycles. The van der Waals surface area contributed by atoms with Crippen LogP contribution in [0.5, 0.6) is 5.75 Å². The number of nitrogens with one attached hydrogen (secondary N) is 1. The SMILES string of the molecule is CC(C)(CNc1ccc(COc2cccc3c2CN(C2CCC(=O)CC2=O)C3=O)cc1)C(=O)O. The van der Waals surface area contributed by atoms with Crippen LogP contribution in [0.2, 0.25) is 0 Å². The summed E-state index contributed by atoms with van der Waals surface area (Å²) in [5, 5.41) is 12.4. The zero-order chi connectivity index (χ0) is 24.5. The van der Waals surface area contributed by atoms with Gasteiger partial charge in [0.1, 0.15) is 18.1 Å². The van der Waals surface area contributed by atoms with Gasteiger partial charge in [0, 0.05) is 29.8 Å². The summed E-state index contributed by atoms with van der Waals surface area (Å²) < 4.78 is 6.03. The molecular formula is C26H28N2O6. The van der Waals surface area contributed by atoms with Crippen LogP contribution in [0.3, 0.4) is 0 Å². The predicted octanol–water partition coefficient (Wildman–Crippen LogP) is 3.43. The first-order chi connectivity index (χ1) is 16.2. The Morgan fingerprint density at radius 2 is 1.88 bits per heavy atom. The van der Waals surface area contributed by atoms with E-state index in [9.17, 15) is 24.3 Å². The van der Waals surface area contributed by atoms with E-state index in [-0.39, 0.29) is 30.4 Å². The molecular weight excluding hydrogens is 436 g/mol. The van der Waals surface area contributed by atoms with Crippen molar-refractivity contribution in [3.05, 3.63) is 59.2 Å². The largest absolute Gasteiger partial charge is 0.489 e. The van der Waals surface area contributed by atoms with Crippen LogP contribution in [-0.4, -0.2) is 46.0 Å². The summed E-state index contributed by atoms with van der Waals surface area (Å²) >= 11 is 0. The summed E-state index contributed by atoms with van der Waals surface area (Å²) in [4.78, 5) is 49.7. The van der Waals surface area contributed by atoms with Crippen molar-refractivity contribution < 1.29 is 29.0 Å². The lowest BCUT2D eigenvalue weighted by Gasteiger charge is -2.29. The first-order valence-electron chi connectivity index (χ1n) is 11.3. The second-order valence-corrected chi connectivity index (χ2v) is 9.48. The molecule has 2 aromatic carbocycles. The minimum Gasteiger partial charge on any atom is -0.489 e. The van der Waals surface area contributed by atoms with Crippen LogP contribution in [0.15, 0.2) is 42.5 Å². The molecule has 0 radical (unpaired) electrons. The highest BCUT2D eigenvalue weighted by atomic mass is 16.5. The first-order valence-corrected chi connectivity index (χ1v) is 11.3. The third-order valence-corrected chi connectivity index (χ3v) is 6.43. The molecule has 1 saturated carbocycles. The number of hydrogen-bond acceptors (Lipinski definition) is 6. The fourth-order valence-corrected chi connectivity index (χ4v) is 4.18. The molecule has 1 fully saturated rings. The Bertz CT molecular complexity index is 1140. The summed E-state index contributed by atoms with van der Waals surface area (Å²) in [7, 11) is 0. The maximum absolute atomic E-state index is 13.0. The van der Waals surface area contributed by atoms with Crippen molar-refractivity contribution in [2.45, 2.75) is 52.3 Å². The zero-order valence-electron chi connectivity index (χ0n) is 19.3. The van der Waals surface area contributed by atoms with Gasteiger partial charge in [0.15, 0.2) is 5.78 Å². The summed E-state index contributed by atoms with van der Waals surface area (Å²) in [5.41, 5.74) is 2.14. The van der Waals surface area contributed by atoms with Gasteiger partial charge in [-0.25, -0.2) is 0 Å². The van der Waals surface area contributed by atoms with Gasteiger partial charge in [0.25, 0.3) is 5.91 Å². The number of carbonyl (C=O) groups excluding carboxylic acids is 3. The third-order valence-electron chi connectivity index (χ3n) is 6.43. The number of aliphatic carboxylic acids is 1. The molecule has 1 aliphatic carbocycles. The number of hydrogen-bond donors (Lipinski definition) is 2. The molecule has 178 valence electrons. The smallest absolute Gasteiger partial charge is 0.310 e. The van der Waals surface area contributed by atoms with Crippen LogP contribution >= 0.6 is 0 Å². The molecule has 0 spiro atoms. The van der Waals surface area contributed by atoms with Gasteiger partial charge in [0.05, 0.1) is 24.4 Å². The van der Waals surface area contributed by atoms with Crippen molar-refractivity contribution in [2.75, 3.05) is 11.9 Å². The van der Waals surface area contributed by atoms with Crippen LogP contribution in [0, 0.1) is 5.41 Å². The molecule has 0 saturated heterocycles. The molecule has 2 aliphatic rings. The maximum Gasteiger partial charge on any atom is 0.310 e. The Hall–Kier alpha value is -3.68. The van der Waals surface area contributed by atoms with E-state index < -0.39 is 17.4 Å². The van der Waals surface area contributed by atoms with Crippen molar-refractivity contribution in [1.82, 2.24) is 4.90 Å². The molecule has 0 bridgehead atoms. The number of carboxylic acid groups (broad SMARTS) is 1. The molecule has 2 aromatic rings. The van der Waals surface area contributed by atoms with Gasteiger partial charge >= 0.3 is 5.97 Å². The topological polar surface area (TPSA) is 113 Å². The van der Waals surface area contributed by atoms with E-state index >= 15 is 0 Å². The fourth-order valence-electron chi connectivity index (χ4n) is 4.18. The quantitative estimate of drug-likeness (QED) is 0.576. The molecule has 1 aliphatic heterocycles. The van der Waals surface area contributed by atoms with E-state index in [4.69, 9.17) is 4.74 Å². The average molecular weight is 465 g/mol. The zero-order valence-corrected chi connectivity index (χ0v) is 19.3. The molecule has 34 heavy (non-hydrogen) atoms. The molecule has 2 N–H and O–H groups in total. The molecule has 1 atom stereocenters. The lowest BCUT2D eigenvalue weighted by molar-refractivity contribution is -0.146. The minimum atomic E-state index is -0.876. The van der Waals surface area contributed by atoms with Gasteiger partial charge in [-0.2, -0.15) is 0 Å². The van der Waals surface area contributed by atoms with Crippen molar-refractivity contribution in [3.63, 3.8) is 0 Å². The maximum atomic E-state index is 13.0. The van der Waals surface area contributed by atoms with Gasteiger partial charge in [-0.05, 0) is 50.1 Å². The van der Waals surface area contributed by atoms with Gasteiger partial charge in [0.2, 0.25) is 0 Å². The number of amides is 1. The van der Waals surface area contributed by atoms with Crippen LogP contribution in [-0.2, 0) is 27.5 Å². The number of rotatable bonds is 8. The Kier molecular flexibility index (Phi) is 6.41. The highest BCUT2D eigenvalue weighted by molar-refractivity contribution is 6.07. The first kappa shape index (κ1) is 23.5. The molecule has 4 rings (SSSR count). The monoisotopic (exact) mass is 464 g/mol. The lowest BCUT2D eigenvalue weighted by Crippen LogP contribution is -2.44. The summed E-state index contributed by atoms with van der Waals surface area (Å²) in [6.45, 7) is 4.22. The van der Waals surface area contributed by atoms with E-state index in [1.165, 1.54) is 0 Å². The fraction of sp³-hybridized carbons (Fsp3) is 0.385. The summed E-state index contributed by atoms with van der Waals surface area (Å²) in [6, 6.07) is 12.3. The van der Waals surface area contributed by atoms with E-state index in [0.717, 1.165) is 16.8 Å². The number of ether oxygens (including phenoxy) is 1. The normalized spacial score (nSPS) is 18.1. The Morgan fingerprint density at radius 1 is 1.15 bits per heavy atom. The van der Waals surface area contributed by atoms with Crippen molar-refractivity contribution in [1.29, 1.82) is 0 Å². The van der Waals surface area contributed by atoms with Crippen LogP contribution in [0.25, 0.3) is 0 Å². The Morgan fingerprint density at radius 3 is 2.56 bits per heavy atom. The second kappa shape index (κ2) is 9.29. The number of benzene rings is 2. The number of ketones is 2. The van der Waals surface area contributed by atoms with Gasteiger partial charge < -0.3 is 20.1 Å².